The van der Waals surface area contributed by atoms with Crippen LogP contribution in [0.2, 0.25) is 0 Å². The van der Waals surface area contributed by atoms with E-state index in [1.165, 1.54) is 12.1 Å². The van der Waals surface area contributed by atoms with Gasteiger partial charge in [-0.15, -0.1) is 0 Å². The van der Waals surface area contributed by atoms with E-state index in [1.54, 1.807) is 4.90 Å². The Morgan fingerprint density at radius 1 is 1.58 bits per heavy atom. The Balaban J connectivity index is 2.31. The van der Waals surface area contributed by atoms with Gasteiger partial charge in [-0.2, -0.15) is 0 Å². The van der Waals surface area contributed by atoms with Crippen molar-refractivity contribution in [3.8, 4) is 0 Å². The second-order valence-corrected chi connectivity index (χ2v) is 4.56. The number of hydrogen-bond acceptors (Lipinski definition) is 5. The van der Waals surface area contributed by atoms with E-state index in [2.05, 4.69) is 0 Å². The number of anilines is 1. The first-order valence-corrected chi connectivity index (χ1v) is 5.95. The van der Waals surface area contributed by atoms with Crippen LogP contribution in [0.25, 0.3) is 0 Å². The van der Waals surface area contributed by atoms with Crippen LogP contribution in [0.15, 0.2) is 18.2 Å². The van der Waals surface area contributed by atoms with Crippen molar-refractivity contribution in [1.82, 2.24) is 0 Å². The quantitative estimate of drug-likeness (QED) is 0.662. The fraction of sp³-hybridized carbons (Fsp3) is 0.500. The average Bonchev–Trinajstić information content (AvgIpc) is 2.38. The predicted molar refractivity (Wildman–Crippen MR) is 66.7 cm³/mol. The lowest BCUT2D eigenvalue weighted by atomic mass is 10.1. The van der Waals surface area contributed by atoms with Gasteiger partial charge in [-0.05, 0) is 13.0 Å². The van der Waals surface area contributed by atoms with E-state index in [4.69, 9.17) is 9.84 Å². The minimum atomic E-state index is -0.650. The van der Waals surface area contributed by atoms with Crippen molar-refractivity contribution in [2.24, 2.45) is 0 Å². The van der Waals surface area contributed by atoms with Gasteiger partial charge in [0, 0.05) is 24.3 Å². The highest BCUT2D eigenvalue weighted by atomic mass is 19.1. The third kappa shape index (κ3) is 2.99. The van der Waals surface area contributed by atoms with Crippen molar-refractivity contribution in [3.63, 3.8) is 0 Å². The minimum absolute atomic E-state index is 0.0378. The first-order valence-electron chi connectivity index (χ1n) is 5.95. The molecular weight excluding hydrogens is 255 g/mol. The largest absolute Gasteiger partial charge is 0.394 e. The Labute approximate surface area is 109 Å². The number of rotatable bonds is 3. The molecule has 0 amide bonds. The fourth-order valence-corrected chi connectivity index (χ4v) is 2.12. The molecule has 0 aromatic heterocycles. The summed E-state index contributed by atoms with van der Waals surface area (Å²) in [7, 11) is 0. The van der Waals surface area contributed by atoms with Crippen LogP contribution in [0.1, 0.15) is 6.92 Å². The second kappa shape index (κ2) is 5.50. The number of ether oxygens (including phenoxy) is 1. The standard InChI is InChI=1S/C12H15FN2O4/c1-8-7-19-12(6-16)5-14(8)10-2-9(13)3-11(4-10)15(17)18/h2-4,8,12,16H,5-7H2,1H3. The maximum Gasteiger partial charge on any atom is 0.274 e. The molecule has 7 heteroatoms. The zero-order chi connectivity index (χ0) is 14.0. The Morgan fingerprint density at radius 2 is 2.32 bits per heavy atom. The number of nitrogens with zero attached hydrogens (tertiary/aromatic N) is 2. The van der Waals surface area contributed by atoms with Crippen LogP contribution in [0, 0.1) is 15.9 Å². The summed E-state index contributed by atoms with van der Waals surface area (Å²) in [5, 5.41) is 19.9. The van der Waals surface area contributed by atoms with Crippen LogP contribution < -0.4 is 4.90 Å². The summed E-state index contributed by atoms with van der Waals surface area (Å²) in [4.78, 5) is 11.9. The molecule has 1 aromatic rings. The highest BCUT2D eigenvalue weighted by Crippen LogP contribution is 2.27. The smallest absolute Gasteiger partial charge is 0.274 e. The maximum atomic E-state index is 13.4. The van der Waals surface area contributed by atoms with Gasteiger partial charge in [0.1, 0.15) is 5.82 Å². The molecule has 1 aliphatic rings. The highest BCUT2D eigenvalue weighted by Gasteiger charge is 2.27. The van der Waals surface area contributed by atoms with E-state index >= 15 is 0 Å². The number of hydrogen-bond donors (Lipinski definition) is 1. The zero-order valence-corrected chi connectivity index (χ0v) is 10.5. The summed E-state index contributed by atoms with van der Waals surface area (Å²) >= 11 is 0. The van der Waals surface area contributed by atoms with Gasteiger partial charge in [0.05, 0.1) is 30.3 Å². The third-order valence-corrected chi connectivity index (χ3v) is 3.12. The normalized spacial score (nSPS) is 23.4. The number of aliphatic hydroxyl groups excluding tert-OH is 1. The van der Waals surface area contributed by atoms with Gasteiger partial charge in [-0.25, -0.2) is 4.39 Å². The molecule has 2 rings (SSSR count). The predicted octanol–water partition coefficient (Wildman–Crippen LogP) is 1.32. The van der Waals surface area contributed by atoms with Gasteiger partial charge in [-0.1, -0.05) is 0 Å². The molecule has 1 aliphatic heterocycles. The Bertz CT molecular complexity index is 483. The first kappa shape index (κ1) is 13.7. The molecule has 19 heavy (non-hydrogen) atoms. The molecule has 0 aliphatic carbocycles. The van der Waals surface area contributed by atoms with Gasteiger partial charge in [0.15, 0.2) is 0 Å². The van der Waals surface area contributed by atoms with E-state index in [0.29, 0.717) is 18.8 Å². The van der Waals surface area contributed by atoms with E-state index in [9.17, 15) is 14.5 Å². The molecule has 104 valence electrons. The molecule has 1 heterocycles. The number of aliphatic hydroxyl groups is 1. The van der Waals surface area contributed by atoms with Crippen LogP contribution in [0.5, 0.6) is 0 Å². The number of halogens is 1. The SMILES string of the molecule is CC1COC(CO)CN1c1cc(F)cc([N+](=O)[O-])c1. The van der Waals surface area contributed by atoms with Crippen LogP contribution in [0.3, 0.4) is 0 Å². The number of morpholine rings is 1. The molecule has 0 bridgehead atoms. The molecule has 0 radical (unpaired) electrons. The summed E-state index contributed by atoms with van der Waals surface area (Å²) < 4.78 is 18.8. The van der Waals surface area contributed by atoms with Crippen LogP contribution in [-0.2, 0) is 4.74 Å². The fourth-order valence-electron chi connectivity index (χ4n) is 2.12. The van der Waals surface area contributed by atoms with Crippen LogP contribution >= 0.6 is 0 Å². The molecule has 2 unspecified atom stereocenters. The van der Waals surface area contributed by atoms with Crippen molar-refractivity contribution >= 4 is 11.4 Å². The van der Waals surface area contributed by atoms with Gasteiger partial charge < -0.3 is 14.7 Å². The first-order chi connectivity index (χ1) is 9.01. The molecule has 1 aromatic carbocycles. The van der Waals surface area contributed by atoms with Crippen molar-refractivity contribution in [3.05, 3.63) is 34.1 Å². The molecule has 6 nitrogen and oxygen atoms in total. The van der Waals surface area contributed by atoms with Crippen molar-refractivity contribution in [1.29, 1.82) is 0 Å². The molecule has 1 saturated heterocycles. The van der Waals surface area contributed by atoms with Crippen LogP contribution in [0.4, 0.5) is 15.8 Å². The van der Waals surface area contributed by atoms with Gasteiger partial charge in [-0.3, -0.25) is 10.1 Å². The zero-order valence-electron chi connectivity index (χ0n) is 10.5. The Hall–Kier alpha value is -1.73. The van der Waals surface area contributed by atoms with Crippen molar-refractivity contribution in [2.75, 3.05) is 24.7 Å². The number of nitro groups is 1. The topological polar surface area (TPSA) is 75.8 Å². The third-order valence-electron chi connectivity index (χ3n) is 3.12. The van der Waals surface area contributed by atoms with Crippen molar-refractivity contribution < 1.29 is 19.2 Å². The maximum absolute atomic E-state index is 13.4. The van der Waals surface area contributed by atoms with Gasteiger partial charge in [0.2, 0.25) is 0 Å². The lowest BCUT2D eigenvalue weighted by molar-refractivity contribution is -0.385. The molecule has 1 fully saturated rings. The monoisotopic (exact) mass is 270 g/mol. The van der Waals surface area contributed by atoms with E-state index < -0.39 is 10.7 Å². The van der Waals surface area contributed by atoms with Gasteiger partial charge in [0.25, 0.3) is 5.69 Å². The lowest BCUT2D eigenvalue weighted by Gasteiger charge is -2.39. The molecule has 2 atom stereocenters. The highest BCUT2D eigenvalue weighted by molar-refractivity contribution is 5.54. The van der Waals surface area contributed by atoms with E-state index in [1.807, 2.05) is 6.92 Å². The van der Waals surface area contributed by atoms with E-state index in [-0.39, 0.29) is 24.4 Å². The van der Waals surface area contributed by atoms with Crippen molar-refractivity contribution in [2.45, 2.75) is 19.1 Å². The minimum Gasteiger partial charge on any atom is -0.394 e. The molecular formula is C12H15FN2O4. The molecule has 1 N–H and O–H groups in total. The second-order valence-electron chi connectivity index (χ2n) is 4.56. The Morgan fingerprint density at radius 3 is 2.95 bits per heavy atom. The van der Waals surface area contributed by atoms with Gasteiger partial charge >= 0.3 is 0 Å². The number of benzene rings is 1. The van der Waals surface area contributed by atoms with Crippen LogP contribution in [-0.4, -0.2) is 41.9 Å². The summed E-state index contributed by atoms with van der Waals surface area (Å²) in [5.41, 5.74) is 0.148. The summed E-state index contributed by atoms with van der Waals surface area (Å²) in [6.07, 6.45) is -0.362. The van der Waals surface area contributed by atoms with E-state index in [0.717, 1.165) is 6.07 Å². The number of nitro benzene ring substituents is 1. The Kier molecular flexibility index (Phi) is 3.96. The molecule has 0 spiro atoms. The average molecular weight is 270 g/mol. The molecule has 0 saturated carbocycles. The summed E-state index contributed by atoms with van der Waals surface area (Å²) in [6.45, 7) is 2.50. The summed E-state index contributed by atoms with van der Waals surface area (Å²) in [6, 6.07) is 3.44. The number of non-ortho nitro benzene ring substituents is 1. The summed E-state index contributed by atoms with van der Waals surface area (Å²) in [5.74, 6) is -0.650. The lowest BCUT2D eigenvalue weighted by Crippen LogP contribution is -2.49.